The van der Waals surface area contributed by atoms with Crippen molar-refractivity contribution in [1.82, 2.24) is 4.57 Å². The second-order valence-electron chi connectivity index (χ2n) is 4.61. The number of rotatable bonds is 1. The number of halogens is 7. The smallest absolute Gasteiger partial charge is 0.339 e. The summed E-state index contributed by atoms with van der Waals surface area (Å²) in [5.74, 6) is -19.8. The molecule has 0 bridgehead atoms. The van der Waals surface area contributed by atoms with Crippen LogP contribution in [0.5, 0.6) is 0 Å². The number of nitriles is 1. The van der Waals surface area contributed by atoms with Crippen LogP contribution in [-0.2, 0) is 7.05 Å². The van der Waals surface area contributed by atoms with Crippen molar-refractivity contribution in [3.8, 4) is 6.07 Å². The van der Waals surface area contributed by atoms with Gasteiger partial charge in [-0.1, -0.05) is 0 Å². The molecule has 1 heterocycles. The summed E-state index contributed by atoms with van der Waals surface area (Å²) >= 11 is 0. The topological polar surface area (TPSA) is 28.7 Å². The van der Waals surface area contributed by atoms with Gasteiger partial charge in [-0.3, -0.25) is 0 Å². The molecule has 0 radical (unpaired) electrons. The summed E-state index contributed by atoms with van der Waals surface area (Å²) in [6.07, 6.45) is 0. The second kappa shape index (κ2) is 4.02. The fourth-order valence-electron chi connectivity index (χ4n) is 2.13. The van der Waals surface area contributed by atoms with E-state index in [9.17, 15) is 30.7 Å². The monoisotopic (exact) mass is 312 g/mol. The zero-order chi connectivity index (χ0) is 16.4. The van der Waals surface area contributed by atoms with Gasteiger partial charge in [0, 0.05) is 18.3 Å². The normalized spacial score (nSPS) is 22.5. The summed E-state index contributed by atoms with van der Waals surface area (Å²) in [6, 6.07) is 2.24. The molecule has 114 valence electrons. The van der Waals surface area contributed by atoms with Crippen LogP contribution in [0.25, 0.3) is 5.57 Å². The summed E-state index contributed by atoms with van der Waals surface area (Å²) in [6.45, 7) is 1.13. The molecule has 0 saturated carbocycles. The van der Waals surface area contributed by atoms with Gasteiger partial charge >= 0.3 is 17.8 Å². The van der Waals surface area contributed by atoms with Crippen LogP contribution in [0.4, 0.5) is 30.7 Å². The van der Waals surface area contributed by atoms with Crippen LogP contribution < -0.4 is 0 Å². The SMILES string of the molecule is Cc1c(C2=C(F)C(F)(F)C(F)(F)C2(F)F)cc(C#N)n1C. The average molecular weight is 312 g/mol. The lowest BCUT2D eigenvalue weighted by Crippen LogP contribution is -2.48. The van der Waals surface area contributed by atoms with Gasteiger partial charge in [-0.05, 0) is 13.0 Å². The molecule has 1 aromatic rings. The molecule has 0 aliphatic heterocycles. The molecule has 0 aromatic carbocycles. The largest absolute Gasteiger partial charge is 0.383 e. The van der Waals surface area contributed by atoms with E-state index in [1.54, 1.807) is 6.07 Å². The molecule has 2 rings (SSSR count). The number of alkyl halides is 6. The fraction of sp³-hybridized carbons (Fsp3) is 0.417. The van der Waals surface area contributed by atoms with E-state index in [0.29, 0.717) is 6.07 Å². The Balaban J connectivity index is 2.81. The molecular weight excluding hydrogens is 305 g/mol. The summed E-state index contributed by atoms with van der Waals surface area (Å²) in [5, 5.41) is 8.74. The highest BCUT2D eigenvalue weighted by atomic mass is 19.3. The minimum absolute atomic E-state index is 0.204. The fourth-order valence-corrected chi connectivity index (χ4v) is 2.13. The molecule has 21 heavy (non-hydrogen) atoms. The van der Waals surface area contributed by atoms with Crippen molar-refractivity contribution < 1.29 is 30.7 Å². The predicted octanol–water partition coefficient (Wildman–Crippen LogP) is 3.81. The van der Waals surface area contributed by atoms with E-state index in [1.807, 2.05) is 0 Å². The lowest BCUT2D eigenvalue weighted by molar-refractivity contribution is -0.263. The highest BCUT2D eigenvalue weighted by Gasteiger charge is 2.81. The van der Waals surface area contributed by atoms with Crippen molar-refractivity contribution in [2.75, 3.05) is 0 Å². The Morgan fingerprint density at radius 3 is 1.95 bits per heavy atom. The predicted molar refractivity (Wildman–Crippen MR) is 57.7 cm³/mol. The van der Waals surface area contributed by atoms with E-state index in [2.05, 4.69) is 0 Å². The van der Waals surface area contributed by atoms with Crippen molar-refractivity contribution in [1.29, 1.82) is 5.26 Å². The highest BCUT2D eigenvalue weighted by Crippen LogP contribution is 2.62. The second-order valence-corrected chi connectivity index (χ2v) is 4.61. The van der Waals surface area contributed by atoms with E-state index in [1.165, 1.54) is 7.05 Å². The van der Waals surface area contributed by atoms with Gasteiger partial charge < -0.3 is 4.57 Å². The maximum Gasteiger partial charge on any atom is 0.383 e. The molecule has 1 aromatic heterocycles. The third-order valence-corrected chi connectivity index (χ3v) is 3.52. The van der Waals surface area contributed by atoms with Gasteiger partial charge in [0.25, 0.3) is 0 Å². The Labute approximate surface area is 114 Å². The first-order chi connectivity index (χ1) is 9.41. The van der Waals surface area contributed by atoms with E-state index in [-0.39, 0.29) is 11.4 Å². The van der Waals surface area contributed by atoms with Crippen LogP contribution in [0, 0.1) is 18.3 Å². The molecule has 1 aliphatic carbocycles. The molecule has 0 spiro atoms. The van der Waals surface area contributed by atoms with Crippen LogP contribution in [0.3, 0.4) is 0 Å². The van der Waals surface area contributed by atoms with Gasteiger partial charge in [-0.15, -0.1) is 0 Å². The molecule has 0 N–H and O–H groups in total. The molecule has 0 amide bonds. The Bertz CT molecular complexity index is 691. The highest BCUT2D eigenvalue weighted by molar-refractivity contribution is 5.80. The summed E-state index contributed by atoms with van der Waals surface area (Å²) < 4.78 is 94.4. The van der Waals surface area contributed by atoms with Crippen LogP contribution in [0.15, 0.2) is 11.9 Å². The molecular formula is C12H7F7N2. The molecule has 0 saturated heterocycles. The Morgan fingerprint density at radius 2 is 1.62 bits per heavy atom. The first-order valence-corrected chi connectivity index (χ1v) is 5.52. The Morgan fingerprint density at radius 1 is 1.10 bits per heavy atom. The Kier molecular flexibility index (Phi) is 2.95. The summed E-state index contributed by atoms with van der Waals surface area (Å²) in [5.41, 5.74) is -3.37. The Hall–Kier alpha value is -1.98. The number of hydrogen-bond donors (Lipinski definition) is 0. The van der Waals surface area contributed by atoms with Crippen LogP contribution in [0.2, 0.25) is 0 Å². The average Bonchev–Trinajstić information content (AvgIpc) is 2.69. The third-order valence-electron chi connectivity index (χ3n) is 3.52. The quantitative estimate of drug-likeness (QED) is 0.725. The van der Waals surface area contributed by atoms with Gasteiger partial charge in [0.2, 0.25) is 0 Å². The van der Waals surface area contributed by atoms with Gasteiger partial charge in [-0.25, -0.2) is 4.39 Å². The molecule has 2 nitrogen and oxygen atoms in total. The van der Waals surface area contributed by atoms with Gasteiger partial charge in [0.15, 0.2) is 5.83 Å². The molecule has 0 unspecified atom stereocenters. The van der Waals surface area contributed by atoms with Gasteiger partial charge in [0.05, 0.1) is 5.57 Å². The van der Waals surface area contributed by atoms with Gasteiger partial charge in [-0.2, -0.15) is 31.6 Å². The van der Waals surface area contributed by atoms with Gasteiger partial charge in [0.1, 0.15) is 11.8 Å². The summed E-state index contributed by atoms with van der Waals surface area (Å²) in [7, 11) is 1.24. The number of hydrogen-bond acceptors (Lipinski definition) is 1. The third kappa shape index (κ3) is 1.58. The molecule has 0 atom stereocenters. The lowest BCUT2D eigenvalue weighted by atomic mass is 10.0. The maximum absolute atomic E-state index is 13.6. The summed E-state index contributed by atoms with van der Waals surface area (Å²) in [4.78, 5) is 0. The van der Waals surface area contributed by atoms with Crippen molar-refractivity contribution >= 4 is 5.57 Å². The number of allylic oxidation sites excluding steroid dienone is 2. The lowest BCUT2D eigenvalue weighted by Gasteiger charge is -2.24. The molecule has 1 aliphatic rings. The maximum atomic E-state index is 13.6. The molecule has 0 fully saturated rings. The van der Waals surface area contributed by atoms with Crippen LogP contribution >= 0.6 is 0 Å². The first-order valence-electron chi connectivity index (χ1n) is 5.52. The minimum atomic E-state index is -5.88. The van der Waals surface area contributed by atoms with Crippen molar-refractivity contribution in [3.63, 3.8) is 0 Å². The van der Waals surface area contributed by atoms with Crippen molar-refractivity contribution in [2.45, 2.75) is 24.7 Å². The zero-order valence-electron chi connectivity index (χ0n) is 10.6. The van der Waals surface area contributed by atoms with Crippen molar-refractivity contribution in [2.24, 2.45) is 7.05 Å². The first kappa shape index (κ1) is 15.4. The zero-order valence-corrected chi connectivity index (χ0v) is 10.6. The van der Waals surface area contributed by atoms with Crippen molar-refractivity contribution in [3.05, 3.63) is 28.8 Å². The standard InChI is InChI=1S/C12H7F7N2/c1-5-7(3-6(4-20)21(5)2)8-9(13)11(16,17)12(18,19)10(8,14)15/h3H,1-2H3. The minimum Gasteiger partial charge on any atom is -0.339 e. The van der Waals surface area contributed by atoms with Crippen LogP contribution in [0.1, 0.15) is 17.0 Å². The van der Waals surface area contributed by atoms with Crippen LogP contribution in [-0.4, -0.2) is 22.3 Å². The number of nitrogens with zero attached hydrogens (tertiary/aromatic N) is 2. The van der Waals surface area contributed by atoms with E-state index in [4.69, 9.17) is 5.26 Å². The van der Waals surface area contributed by atoms with E-state index < -0.39 is 34.7 Å². The van der Waals surface area contributed by atoms with E-state index >= 15 is 0 Å². The molecule has 9 heteroatoms. The van der Waals surface area contributed by atoms with E-state index in [0.717, 1.165) is 11.5 Å². The number of aromatic nitrogens is 1.